The Hall–Kier alpha value is -2.49. The maximum atomic E-state index is 12.7. The molecule has 134 valence electrons. The largest absolute Gasteiger partial charge is 0.416 e. The number of alkyl halides is 3. The first-order valence-electron chi connectivity index (χ1n) is 8.25. The molecule has 4 nitrogen and oxygen atoms in total. The lowest BCUT2D eigenvalue weighted by atomic mass is 10.1. The number of nitriles is 1. The molecule has 0 aliphatic heterocycles. The van der Waals surface area contributed by atoms with Gasteiger partial charge in [-0.05, 0) is 31.0 Å². The van der Waals surface area contributed by atoms with E-state index in [1.807, 2.05) is 0 Å². The van der Waals surface area contributed by atoms with E-state index >= 15 is 0 Å². The Morgan fingerprint density at radius 3 is 2.48 bits per heavy atom. The van der Waals surface area contributed by atoms with Crippen LogP contribution >= 0.6 is 0 Å². The maximum absolute atomic E-state index is 12.7. The Bertz CT molecular complexity index is 669. The molecule has 2 N–H and O–H groups in total. The summed E-state index contributed by atoms with van der Waals surface area (Å²) in [5, 5.41) is 14.6. The average molecular weight is 351 g/mol. The number of rotatable bonds is 4. The van der Waals surface area contributed by atoms with E-state index in [0.29, 0.717) is 0 Å². The van der Waals surface area contributed by atoms with Gasteiger partial charge in [0, 0.05) is 17.9 Å². The molecule has 1 aromatic carbocycles. The summed E-state index contributed by atoms with van der Waals surface area (Å²) in [6.45, 7) is 0. The summed E-state index contributed by atoms with van der Waals surface area (Å²) in [4.78, 5) is 12.1. The summed E-state index contributed by atoms with van der Waals surface area (Å²) < 4.78 is 38.1. The zero-order chi connectivity index (χ0) is 18.3. The molecule has 0 bridgehead atoms. The molecule has 0 heterocycles. The van der Waals surface area contributed by atoms with Crippen molar-refractivity contribution in [1.29, 1.82) is 5.26 Å². The summed E-state index contributed by atoms with van der Waals surface area (Å²) in [6.07, 6.45) is 3.39. The van der Waals surface area contributed by atoms with Crippen molar-refractivity contribution in [2.24, 2.45) is 0 Å². The van der Waals surface area contributed by atoms with Gasteiger partial charge in [0.25, 0.3) is 5.91 Å². The summed E-state index contributed by atoms with van der Waals surface area (Å²) in [7, 11) is 0. The van der Waals surface area contributed by atoms with E-state index < -0.39 is 17.6 Å². The van der Waals surface area contributed by atoms with Crippen molar-refractivity contribution >= 4 is 11.6 Å². The van der Waals surface area contributed by atoms with E-state index in [1.165, 1.54) is 31.2 Å². The Kier molecular flexibility index (Phi) is 6.45. The predicted molar refractivity (Wildman–Crippen MR) is 88.4 cm³/mol. The van der Waals surface area contributed by atoms with Crippen LogP contribution in [0, 0.1) is 11.3 Å². The molecule has 1 fully saturated rings. The fourth-order valence-electron chi connectivity index (χ4n) is 2.77. The molecule has 1 amide bonds. The van der Waals surface area contributed by atoms with Crippen LogP contribution in [0.15, 0.2) is 36.0 Å². The van der Waals surface area contributed by atoms with Gasteiger partial charge in [0.1, 0.15) is 11.6 Å². The molecule has 0 saturated heterocycles. The second-order valence-corrected chi connectivity index (χ2v) is 6.06. The van der Waals surface area contributed by atoms with Crippen LogP contribution < -0.4 is 10.6 Å². The van der Waals surface area contributed by atoms with Gasteiger partial charge < -0.3 is 10.6 Å². The summed E-state index contributed by atoms with van der Waals surface area (Å²) in [6, 6.07) is 6.32. The number of carbonyl (C=O) groups is 1. The first-order chi connectivity index (χ1) is 11.9. The van der Waals surface area contributed by atoms with Crippen LogP contribution in [0.4, 0.5) is 18.9 Å². The fourth-order valence-corrected chi connectivity index (χ4v) is 2.77. The standard InChI is InChI=1S/C18H20F3N3O/c19-18(20,21)14-6-5-9-16(10-14)24-17(25)13(11-22)12-23-15-7-3-1-2-4-8-15/h5-6,9-10,12,15,23H,1-4,7-8H2,(H,24,25)/b13-12-. The zero-order valence-electron chi connectivity index (χ0n) is 13.7. The molecule has 25 heavy (non-hydrogen) atoms. The summed E-state index contributed by atoms with van der Waals surface area (Å²) in [5.41, 5.74) is -1.03. The minimum absolute atomic E-state index is 0.00422. The van der Waals surface area contributed by atoms with E-state index in [-0.39, 0.29) is 17.3 Å². The third-order valence-electron chi connectivity index (χ3n) is 4.13. The quantitative estimate of drug-likeness (QED) is 0.481. The minimum Gasteiger partial charge on any atom is -0.387 e. The molecule has 0 aromatic heterocycles. The molecule has 1 aliphatic carbocycles. The van der Waals surface area contributed by atoms with Gasteiger partial charge in [-0.1, -0.05) is 31.7 Å². The lowest BCUT2D eigenvalue weighted by Crippen LogP contribution is -2.25. The van der Waals surface area contributed by atoms with Crippen LogP contribution in [0.3, 0.4) is 0 Å². The van der Waals surface area contributed by atoms with Crippen molar-refractivity contribution in [1.82, 2.24) is 5.32 Å². The highest BCUT2D eigenvalue weighted by molar-refractivity contribution is 6.06. The Morgan fingerprint density at radius 2 is 1.88 bits per heavy atom. The normalized spacial score (nSPS) is 16.6. The fraction of sp³-hybridized carbons (Fsp3) is 0.444. The molecular weight excluding hydrogens is 331 g/mol. The SMILES string of the molecule is N#C/C(=C/NC1CCCCCC1)C(=O)Nc1cccc(C(F)(F)F)c1. The third-order valence-corrected chi connectivity index (χ3v) is 4.13. The highest BCUT2D eigenvalue weighted by Gasteiger charge is 2.30. The smallest absolute Gasteiger partial charge is 0.387 e. The molecule has 0 atom stereocenters. The van der Waals surface area contributed by atoms with Gasteiger partial charge in [-0.25, -0.2) is 0 Å². The van der Waals surface area contributed by atoms with Gasteiger partial charge in [-0.3, -0.25) is 4.79 Å². The molecule has 2 rings (SSSR count). The number of nitrogens with zero attached hydrogens (tertiary/aromatic N) is 1. The predicted octanol–water partition coefficient (Wildman–Crippen LogP) is 4.36. The van der Waals surface area contributed by atoms with Crippen LogP contribution in [-0.2, 0) is 11.0 Å². The van der Waals surface area contributed by atoms with Crippen LogP contribution in [0.2, 0.25) is 0 Å². The topological polar surface area (TPSA) is 64.9 Å². The van der Waals surface area contributed by atoms with Crippen molar-refractivity contribution in [2.75, 3.05) is 5.32 Å². The Labute approximate surface area is 144 Å². The van der Waals surface area contributed by atoms with Gasteiger partial charge in [0.15, 0.2) is 0 Å². The minimum atomic E-state index is -4.49. The average Bonchev–Trinajstić information content (AvgIpc) is 2.84. The monoisotopic (exact) mass is 351 g/mol. The van der Waals surface area contributed by atoms with Crippen molar-refractivity contribution in [3.05, 3.63) is 41.6 Å². The van der Waals surface area contributed by atoms with Gasteiger partial charge in [0.2, 0.25) is 0 Å². The Balaban J connectivity index is 2.02. The first kappa shape index (κ1) is 18.8. The lowest BCUT2D eigenvalue weighted by molar-refractivity contribution is -0.137. The molecule has 7 heteroatoms. The number of amides is 1. The van der Waals surface area contributed by atoms with Crippen LogP contribution in [-0.4, -0.2) is 11.9 Å². The van der Waals surface area contributed by atoms with E-state index in [9.17, 15) is 18.0 Å². The van der Waals surface area contributed by atoms with E-state index in [4.69, 9.17) is 5.26 Å². The van der Waals surface area contributed by atoms with Crippen molar-refractivity contribution in [3.63, 3.8) is 0 Å². The molecule has 1 aromatic rings. The van der Waals surface area contributed by atoms with Gasteiger partial charge >= 0.3 is 6.18 Å². The van der Waals surface area contributed by atoms with Crippen molar-refractivity contribution < 1.29 is 18.0 Å². The number of halogens is 3. The van der Waals surface area contributed by atoms with E-state index in [2.05, 4.69) is 10.6 Å². The number of carbonyl (C=O) groups excluding carboxylic acids is 1. The second kappa shape index (κ2) is 8.56. The molecular formula is C18H20F3N3O. The number of hydrogen-bond acceptors (Lipinski definition) is 3. The summed E-state index contributed by atoms with van der Waals surface area (Å²) >= 11 is 0. The van der Waals surface area contributed by atoms with Crippen LogP contribution in [0.1, 0.15) is 44.1 Å². The molecule has 1 saturated carbocycles. The number of nitrogens with one attached hydrogen (secondary N) is 2. The van der Waals surface area contributed by atoms with Gasteiger partial charge in [0.05, 0.1) is 5.56 Å². The number of benzene rings is 1. The molecule has 0 radical (unpaired) electrons. The third kappa shape index (κ3) is 5.82. The molecule has 1 aliphatic rings. The molecule has 0 unspecified atom stereocenters. The van der Waals surface area contributed by atoms with Gasteiger partial charge in [-0.15, -0.1) is 0 Å². The summed E-state index contributed by atoms with van der Waals surface area (Å²) in [5.74, 6) is -0.733. The van der Waals surface area contributed by atoms with E-state index in [0.717, 1.165) is 37.8 Å². The maximum Gasteiger partial charge on any atom is 0.416 e. The first-order valence-corrected chi connectivity index (χ1v) is 8.25. The van der Waals surface area contributed by atoms with Crippen LogP contribution in [0.5, 0.6) is 0 Å². The number of anilines is 1. The number of hydrogen-bond donors (Lipinski definition) is 2. The Morgan fingerprint density at radius 1 is 1.20 bits per heavy atom. The van der Waals surface area contributed by atoms with Gasteiger partial charge in [-0.2, -0.15) is 18.4 Å². The van der Waals surface area contributed by atoms with E-state index in [1.54, 1.807) is 6.07 Å². The van der Waals surface area contributed by atoms with Crippen molar-refractivity contribution in [3.8, 4) is 6.07 Å². The second-order valence-electron chi connectivity index (χ2n) is 6.06. The zero-order valence-corrected chi connectivity index (χ0v) is 13.7. The molecule has 0 spiro atoms. The highest BCUT2D eigenvalue weighted by Crippen LogP contribution is 2.30. The van der Waals surface area contributed by atoms with Crippen molar-refractivity contribution in [2.45, 2.75) is 50.7 Å². The van der Waals surface area contributed by atoms with Crippen LogP contribution in [0.25, 0.3) is 0 Å². The lowest BCUT2D eigenvalue weighted by Gasteiger charge is -2.14. The highest BCUT2D eigenvalue weighted by atomic mass is 19.4.